The van der Waals surface area contributed by atoms with Crippen LogP contribution in [0, 0.1) is 40.4 Å². The number of amides is 1. The Morgan fingerprint density at radius 1 is 1.33 bits per heavy atom. The molecule has 5 nitrogen and oxygen atoms in total. The minimum atomic E-state index is -0.153. The summed E-state index contributed by atoms with van der Waals surface area (Å²) in [4.78, 5) is 27.2. The van der Waals surface area contributed by atoms with Gasteiger partial charge in [-0.05, 0) is 44.1 Å². The Labute approximate surface area is 179 Å². The van der Waals surface area contributed by atoms with Crippen molar-refractivity contribution in [2.75, 3.05) is 20.2 Å². The van der Waals surface area contributed by atoms with Crippen LogP contribution >= 0.6 is 0 Å². The lowest BCUT2D eigenvalue weighted by molar-refractivity contribution is -0.133. The Morgan fingerprint density at radius 3 is 2.60 bits per heavy atom. The average molecular weight is 407 g/mol. The van der Waals surface area contributed by atoms with Gasteiger partial charge in [0.2, 0.25) is 5.91 Å². The molecular weight excluding hydrogens is 376 g/mol. The molecular formula is C25H30N2O3. The van der Waals surface area contributed by atoms with Gasteiger partial charge in [0.15, 0.2) is 5.78 Å². The van der Waals surface area contributed by atoms with Gasteiger partial charge in [0.1, 0.15) is 12.2 Å². The highest BCUT2D eigenvalue weighted by molar-refractivity contribution is 5.98. The van der Waals surface area contributed by atoms with E-state index in [9.17, 15) is 9.59 Å². The molecule has 1 fully saturated rings. The number of nitrogens with zero attached hydrogens (tertiary/aromatic N) is 2. The van der Waals surface area contributed by atoms with Gasteiger partial charge in [-0.2, -0.15) is 5.26 Å². The number of nitriles is 1. The second kappa shape index (κ2) is 8.92. The molecule has 1 spiro atoms. The van der Waals surface area contributed by atoms with Gasteiger partial charge >= 0.3 is 0 Å². The molecule has 3 aliphatic rings. The average Bonchev–Trinajstić information content (AvgIpc) is 2.70. The second-order valence-electron chi connectivity index (χ2n) is 8.76. The molecule has 1 heterocycles. The molecule has 30 heavy (non-hydrogen) atoms. The summed E-state index contributed by atoms with van der Waals surface area (Å²) in [7, 11) is 1.66. The quantitative estimate of drug-likeness (QED) is 0.666. The van der Waals surface area contributed by atoms with E-state index in [0.717, 1.165) is 41.7 Å². The highest BCUT2D eigenvalue weighted by Crippen LogP contribution is 2.49. The molecule has 158 valence electrons. The lowest BCUT2D eigenvalue weighted by Gasteiger charge is -2.45. The molecule has 0 bridgehead atoms. The third-order valence-electron chi connectivity index (χ3n) is 6.75. The lowest BCUT2D eigenvalue weighted by Crippen LogP contribution is -2.46. The Kier molecular flexibility index (Phi) is 6.52. The molecule has 0 aromatic heterocycles. The van der Waals surface area contributed by atoms with Crippen LogP contribution in [0.25, 0.3) is 0 Å². The molecule has 2 unspecified atom stereocenters. The second-order valence-corrected chi connectivity index (χ2v) is 8.76. The number of piperidine rings is 1. The molecule has 0 N–H and O–H groups in total. The molecule has 2 aliphatic carbocycles. The number of likely N-dealkylation sites (tertiary alicyclic amines) is 1. The number of hydrogen-bond acceptors (Lipinski definition) is 4. The fraction of sp³-hybridized carbons (Fsp3) is 0.560. The SMILES string of the molecule is CC#CC1=CC(C)C(C2=C(OC)CC3(CCN(C(=O)CC#N)CC3)CC2=O)C(C)=C1. The fourth-order valence-corrected chi connectivity index (χ4v) is 5.27. The first kappa shape index (κ1) is 21.9. The van der Waals surface area contributed by atoms with Crippen LogP contribution in [0.3, 0.4) is 0 Å². The van der Waals surface area contributed by atoms with Crippen molar-refractivity contribution in [3.8, 4) is 17.9 Å². The third kappa shape index (κ3) is 4.21. The van der Waals surface area contributed by atoms with Crippen LogP contribution in [-0.4, -0.2) is 36.8 Å². The fourth-order valence-electron chi connectivity index (χ4n) is 5.27. The van der Waals surface area contributed by atoms with E-state index in [-0.39, 0.29) is 35.4 Å². The smallest absolute Gasteiger partial charge is 0.236 e. The Balaban J connectivity index is 1.84. The predicted molar refractivity (Wildman–Crippen MR) is 115 cm³/mol. The normalized spacial score (nSPS) is 25.7. The van der Waals surface area contributed by atoms with Crippen molar-refractivity contribution in [3.05, 3.63) is 34.6 Å². The molecule has 1 amide bonds. The molecule has 0 aromatic carbocycles. The summed E-state index contributed by atoms with van der Waals surface area (Å²) in [5.74, 6) is 7.11. The summed E-state index contributed by atoms with van der Waals surface area (Å²) in [5, 5.41) is 8.77. The highest BCUT2D eigenvalue weighted by Gasteiger charge is 2.45. The molecule has 0 radical (unpaired) electrons. The standard InChI is InChI=1S/C25H30N2O3/c1-5-6-19-13-17(2)23(18(3)14-19)24-20(28)15-25(16-21(24)30-4)8-11-27(12-9-25)22(29)7-10-26/h13-14,17,23H,7-9,11-12,15-16H2,1-4H3. The summed E-state index contributed by atoms with van der Waals surface area (Å²) in [6.45, 7) is 7.23. The van der Waals surface area contributed by atoms with Crippen molar-refractivity contribution < 1.29 is 14.3 Å². The van der Waals surface area contributed by atoms with Gasteiger partial charge in [0, 0.05) is 43.0 Å². The first-order valence-corrected chi connectivity index (χ1v) is 10.6. The Hall–Kier alpha value is -2.79. The largest absolute Gasteiger partial charge is 0.501 e. The summed E-state index contributed by atoms with van der Waals surface area (Å²) in [6.07, 6.45) is 6.90. The van der Waals surface area contributed by atoms with Crippen LogP contribution in [0.1, 0.15) is 52.9 Å². The van der Waals surface area contributed by atoms with Gasteiger partial charge in [0.05, 0.1) is 13.2 Å². The van der Waals surface area contributed by atoms with E-state index in [1.807, 2.05) is 13.0 Å². The van der Waals surface area contributed by atoms with Gasteiger partial charge in [-0.25, -0.2) is 0 Å². The zero-order valence-corrected chi connectivity index (χ0v) is 18.4. The topological polar surface area (TPSA) is 70.4 Å². The van der Waals surface area contributed by atoms with Gasteiger partial charge < -0.3 is 9.64 Å². The summed E-state index contributed by atoms with van der Waals surface area (Å²) in [5.41, 5.74) is 2.81. The molecule has 1 aliphatic heterocycles. The maximum Gasteiger partial charge on any atom is 0.236 e. The molecule has 3 rings (SSSR count). The summed E-state index contributed by atoms with van der Waals surface area (Å²) >= 11 is 0. The highest BCUT2D eigenvalue weighted by atomic mass is 16.5. The van der Waals surface area contributed by atoms with E-state index < -0.39 is 0 Å². The van der Waals surface area contributed by atoms with Crippen molar-refractivity contribution in [3.63, 3.8) is 0 Å². The minimum Gasteiger partial charge on any atom is -0.501 e. The number of carbonyl (C=O) groups excluding carboxylic acids is 2. The van der Waals surface area contributed by atoms with Crippen molar-refractivity contribution >= 4 is 11.7 Å². The first-order chi connectivity index (χ1) is 14.3. The van der Waals surface area contributed by atoms with E-state index in [1.165, 1.54) is 0 Å². The summed E-state index contributed by atoms with van der Waals surface area (Å²) in [6, 6.07) is 1.93. The number of methoxy groups -OCH3 is 1. The monoisotopic (exact) mass is 406 g/mol. The first-order valence-electron chi connectivity index (χ1n) is 10.6. The number of carbonyl (C=O) groups is 2. The van der Waals surface area contributed by atoms with Crippen molar-refractivity contribution in [1.82, 2.24) is 4.90 Å². The van der Waals surface area contributed by atoms with Gasteiger partial charge in [0.25, 0.3) is 0 Å². The maximum atomic E-state index is 13.4. The van der Waals surface area contributed by atoms with Gasteiger partial charge in [-0.1, -0.05) is 24.5 Å². The molecule has 0 aromatic rings. The van der Waals surface area contributed by atoms with E-state index in [2.05, 4.69) is 37.8 Å². The van der Waals surface area contributed by atoms with E-state index in [4.69, 9.17) is 10.00 Å². The molecule has 2 atom stereocenters. The van der Waals surface area contributed by atoms with Crippen LogP contribution in [0.5, 0.6) is 0 Å². The summed E-state index contributed by atoms with van der Waals surface area (Å²) < 4.78 is 5.80. The number of rotatable bonds is 3. The zero-order valence-electron chi connectivity index (χ0n) is 18.4. The van der Waals surface area contributed by atoms with E-state index >= 15 is 0 Å². The number of ketones is 1. The van der Waals surface area contributed by atoms with Crippen LogP contribution in [0.2, 0.25) is 0 Å². The van der Waals surface area contributed by atoms with E-state index in [1.54, 1.807) is 12.0 Å². The van der Waals surface area contributed by atoms with Crippen LogP contribution in [0.4, 0.5) is 0 Å². The molecule has 0 saturated carbocycles. The maximum absolute atomic E-state index is 13.4. The van der Waals surface area contributed by atoms with Crippen LogP contribution in [-0.2, 0) is 14.3 Å². The van der Waals surface area contributed by atoms with Crippen molar-refractivity contribution in [2.24, 2.45) is 17.3 Å². The molecule has 1 saturated heterocycles. The number of Topliss-reactive ketones (excluding diaryl/α,β-unsaturated/α-hetero) is 1. The van der Waals surface area contributed by atoms with Crippen LogP contribution < -0.4 is 0 Å². The van der Waals surface area contributed by atoms with Gasteiger partial charge in [-0.15, -0.1) is 5.92 Å². The Bertz CT molecular complexity index is 928. The number of ether oxygens (including phenoxy) is 1. The number of hydrogen-bond donors (Lipinski definition) is 0. The van der Waals surface area contributed by atoms with Crippen molar-refractivity contribution in [2.45, 2.75) is 52.9 Å². The lowest BCUT2D eigenvalue weighted by atomic mass is 9.64. The minimum absolute atomic E-state index is 0.0181. The van der Waals surface area contributed by atoms with E-state index in [0.29, 0.717) is 19.5 Å². The third-order valence-corrected chi connectivity index (χ3v) is 6.75. The molecule has 5 heteroatoms. The number of allylic oxidation sites excluding steroid dienone is 6. The van der Waals surface area contributed by atoms with Crippen molar-refractivity contribution in [1.29, 1.82) is 5.26 Å². The zero-order chi connectivity index (χ0) is 21.9. The van der Waals surface area contributed by atoms with Crippen LogP contribution in [0.15, 0.2) is 34.6 Å². The predicted octanol–water partition coefficient (Wildman–Crippen LogP) is 3.93. The van der Waals surface area contributed by atoms with Gasteiger partial charge in [-0.3, -0.25) is 9.59 Å². The Morgan fingerprint density at radius 2 is 2.03 bits per heavy atom.